The van der Waals surface area contributed by atoms with Gasteiger partial charge in [-0.3, -0.25) is 0 Å². The van der Waals surface area contributed by atoms with Crippen LogP contribution in [0.3, 0.4) is 0 Å². The number of methoxy groups -OCH3 is 1. The summed E-state index contributed by atoms with van der Waals surface area (Å²) in [7, 11) is 37.3. The molecule has 89 heavy (non-hydrogen) atoms. The first-order valence-corrected chi connectivity index (χ1v) is 54.4. The van der Waals surface area contributed by atoms with Gasteiger partial charge in [0, 0.05) is 15.8 Å². The van der Waals surface area contributed by atoms with Crippen LogP contribution in [0, 0.1) is 6.42 Å². The van der Waals surface area contributed by atoms with Crippen LogP contribution in [-0.4, -0.2) is 66.1 Å². The molecule has 7 saturated carbocycles. The van der Waals surface area contributed by atoms with E-state index in [2.05, 4.69) is 24.6 Å². The maximum atomic E-state index is 5.99. The summed E-state index contributed by atoms with van der Waals surface area (Å²) < 4.78 is 20.7. The standard InChI is InChI=1S/2C18H33P.C12H10O.2C11H14O.C5H9.6ClH.3Ru/c2*1-4-10-16(11-5-1)19(17-12-6-2-7-13-17)18-14-8-3-9-15-18;1-9-7-10-5-3-4-6-11(10)8-12(9)13-2;2*1-4-10-7-5-6-8-11(10)12-9(2)3;1-2-4-5-3-1;;;;;;;;;/h2*16-18H,1-15H2;1,3-8H,2H3;2*5-9H,1-3H3;1H,2-5H2;6*1H;;;/q;;;;;-1;;;;;;;3*+2/p-4. The number of hydrogen-bond donors (Lipinski definition) is 0. The van der Waals surface area contributed by atoms with Crippen LogP contribution >= 0.6 is 74.0 Å². The van der Waals surface area contributed by atoms with Crippen LogP contribution in [0.1, 0.15) is 277 Å². The van der Waals surface area contributed by atoms with Crippen LogP contribution in [0.5, 0.6) is 17.2 Å². The van der Waals surface area contributed by atoms with Gasteiger partial charge in [0.15, 0.2) is 0 Å². The molecule has 0 amide bonds. The molecule has 11 rings (SSSR count). The normalized spacial score (nSPS) is 19.6. The van der Waals surface area contributed by atoms with Gasteiger partial charge in [0.05, 0.1) is 34.0 Å². The molecule has 0 radical (unpaired) electrons. The van der Waals surface area contributed by atoms with Crippen molar-refractivity contribution in [2.75, 3.05) is 7.11 Å². The molecule has 0 spiro atoms. The van der Waals surface area contributed by atoms with Gasteiger partial charge in [0.1, 0.15) is 0 Å². The number of fused-ring (bicyclic) bond motifs is 1. The first-order valence-electron chi connectivity index (χ1n) is 34.8. The van der Waals surface area contributed by atoms with Crippen molar-refractivity contribution < 1.29 is 54.8 Å². The average Bonchev–Trinajstić information content (AvgIpc) is 1.94. The van der Waals surface area contributed by atoms with Crippen LogP contribution in [0.4, 0.5) is 0 Å². The van der Waals surface area contributed by atoms with Gasteiger partial charge in [-0.2, -0.15) is 12.8 Å². The summed E-state index contributed by atoms with van der Waals surface area (Å²) in [4.78, 5) is 0. The van der Waals surface area contributed by atoms with E-state index in [0.717, 1.165) is 47.5 Å². The van der Waals surface area contributed by atoms with Gasteiger partial charge in [-0.05, 0) is 154 Å². The molecule has 0 bridgehead atoms. The number of hydrogen-bond acceptors (Lipinski definition) is 3. The van der Waals surface area contributed by atoms with Crippen molar-refractivity contribution in [1.29, 1.82) is 0 Å². The van der Waals surface area contributed by atoms with E-state index in [4.69, 9.17) is 72.4 Å². The van der Waals surface area contributed by atoms with E-state index in [1.165, 1.54) is 65.0 Å². The van der Waals surface area contributed by atoms with Crippen molar-refractivity contribution in [2.24, 2.45) is 0 Å². The summed E-state index contributed by atoms with van der Waals surface area (Å²) in [6.45, 7) is 12.0. The molecule has 3 nitrogen and oxygen atoms in total. The number of rotatable bonds is 14. The van der Waals surface area contributed by atoms with E-state index in [0.29, 0.717) is 0 Å². The Labute approximate surface area is 584 Å². The summed E-state index contributed by atoms with van der Waals surface area (Å²) in [5, 5.41) is 2.32. The Morgan fingerprint density at radius 2 is 0.708 bits per heavy atom. The SMILES string of the molecule is C1CCC([PH+](C2CCCCC2)C2CCCCC2)CC1.C1CCC([PH+](C2CCCCC2)C2CCCCC2)CC1.COc1cc2ccccc2cc1[CH]=[Ru]([Cl])[Cl].C[C](c1ccccc1OC(C)C)=[Ru]([Cl])[Cl].C[C](c1ccccc1OC(C)C)=[Ru]([Cl])[Cl].[CH-]1CCCC1. The Bertz CT molecular complexity index is 2470. The third kappa shape index (κ3) is 28.5. The fourth-order valence-corrected chi connectivity index (χ4v) is 30.6. The summed E-state index contributed by atoms with van der Waals surface area (Å²) in [5.41, 5.74) is 10.4. The number of para-hydroxylation sites is 2. The zero-order valence-electron chi connectivity index (χ0n) is 55.5. The zero-order chi connectivity index (χ0) is 63.8. The average molecular weight is 1640 g/mol. The first-order chi connectivity index (χ1) is 43.1. The molecular formula is C75H115Cl6O3P2Ru3+. The van der Waals surface area contributed by atoms with Gasteiger partial charge in [-0.15, -0.1) is 0 Å². The second kappa shape index (κ2) is 45.2. The predicted molar refractivity (Wildman–Crippen MR) is 395 cm³/mol. The van der Waals surface area contributed by atoms with Crippen molar-refractivity contribution in [1.82, 2.24) is 0 Å². The van der Waals surface area contributed by atoms with Gasteiger partial charge in [-0.1, -0.05) is 51.4 Å². The van der Waals surface area contributed by atoms with E-state index in [9.17, 15) is 0 Å². The monoisotopic (exact) mass is 1640 g/mol. The smallest absolute Gasteiger partial charge is 0.0829 e. The first kappa shape index (κ1) is 78.6. The molecule has 0 aromatic heterocycles. The number of halogens is 6. The van der Waals surface area contributed by atoms with Crippen LogP contribution in [0.15, 0.2) is 84.9 Å². The second-order valence-electron chi connectivity index (χ2n) is 26.6. The van der Waals surface area contributed by atoms with Crippen LogP contribution in [0.25, 0.3) is 10.8 Å². The largest absolute Gasteiger partial charge is 0.328 e. The molecule has 0 aliphatic heterocycles. The molecular weight excluding hydrogens is 1530 g/mol. The fourth-order valence-electron chi connectivity index (χ4n) is 15.3. The van der Waals surface area contributed by atoms with Gasteiger partial charge in [-0.25, -0.2) is 0 Å². The Hall–Kier alpha value is 0.620. The molecule has 0 unspecified atom stereocenters. The molecule has 508 valence electrons. The molecule has 4 aromatic rings. The maximum absolute atomic E-state index is 5.99. The van der Waals surface area contributed by atoms with Crippen LogP contribution < -0.4 is 14.2 Å². The maximum Gasteiger partial charge on any atom is -0.0829 e. The van der Waals surface area contributed by atoms with Crippen LogP contribution in [0.2, 0.25) is 0 Å². The third-order valence-corrected chi connectivity index (χ3v) is 38.0. The second-order valence-corrected chi connectivity index (χ2v) is 51.5. The van der Waals surface area contributed by atoms with E-state index < -0.39 is 40.6 Å². The van der Waals surface area contributed by atoms with Gasteiger partial charge in [0.25, 0.3) is 0 Å². The van der Waals surface area contributed by atoms with Crippen molar-refractivity contribution in [3.8, 4) is 17.2 Å². The molecule has 7 fully saturated rings. The quantitative estimate of drug-likeness (QED) is 0.0715. The van der Waals surface area contributed by atoms with E-state index >= 15 is 0 Å². The number of benzene rings is 4. The Morgan fingerprint density at radius 3 is 0.966 bits per heavy atom. The Balaban J connectivity index is 0.000000174. The minimum absolute atomic E-state index is 0.0465. The zero-order valence-corrected chi connectivity index (χ0v) is 67.2. The molecule has 4 aromatic carbocycles. The molecule has 0 N–H and O–H groups in total. The van der Waals surface area contributed by atoms with Gasteiger partial charge >= 0.3 is 316 Å². The van der Waals surface area contributed by atoms with Crippen molar-refractivity contribution >= 4 is 97.6 Å². The summed E-state index contributed by atoms with van der Waals surface area (Å²) in [6, 6.07) is 27.9. The van der Waals surface area contributed by atoms with Crippen molar-refractivity contribution in [3.63, 3.8) is 0 Å². The fraction of sp³-hybridized carbons (Fsp3) is 0.653. The summed E-state index contributed by atoms with van der Waals surface area (Å²) in [6.07, 6.45) is 55.9. The topological polar surface area (TPSA) is 27.7 Å². The molecule has 7 aliphatic carbocycles. The summed E-state index contributed by atoms with van der Waals surface area (Å²) >= 11 is -5.47. The van der Waals surface area contributed by atoms with E-state index in [1.807, 2.05) is 113 Å². The molecule has 0 saturated heterocycles. The Morgan fingerprint density at radius 1 is 0.416 bits per heavy atom. The molecule has 14 heteroatoms. The number of ether oxygens (including phenoxy) is 3. The van der Waals surface area contributed by atoms with Crippen LogP contribution in [-0.2, 0) is 40.6 Å². The predicted octanol–water partition coefficient (Wildman–Crippen LogP) is 26.0. The summed E-state index contributed by atoms with van der Waals surface area (Å²) in [5.74, 6) is 2.55. The van der Waals surface area contributed by atoms with Crippen molar-refractivity contribution in [3.05, 3.63) is 108 Å². The Kier molecular flexibility index (Phi) is 40.0. The third-order valence-electron chi connectivity index (χ3n) is 19.4. The van der Waals surface area contributed by atoms with E-state index in [-0.39, 0.29) is 28.1 Å². The van der Waals surface area contributed by atoms with E-state index in [1.54, 1.807) is 200 Å². The molecule has 7 aliphatic rings. The molecule has 0 atom stereocenters. The minimum Gasteiger partial charge on any atom is -0.328 e. The van der Waals surface area contributed by atoms with Crippen molar-refractivity contribution in [2.45, 2.75) is 306 Å². The van der Waals surface area contributed by atoms with Gasteiger partial charge in [0.2, 0.25) is 0 Å². The van der Waals surface area contributed by atoms with Gasteiger partial charge < -0.3 is 6.42 Å². The minimum atomic E-state index is -1.82. The molecule has 0 heterocycles.